The van der Waals surface area contributed by atoms with Crippen LogP contribution in [0.25, 0.3) is 0 Å². The topological polar surface area (TPSA) is 89.3 Å². The van der Waals surface area contributed by atoms with Crippen LogP contribution in [0.4, 0.5) is 5.69 Å². The fourth-order valence-corrected chi connectivity index (χ4v) is 4.53. The van der Waals surface area contributed by atoms with Gasteiger partial charge in [0.2, 0.25) is 10.0 Å². The summed E-state index contributed by atoms with van der Waals surface area (Å²) in [4.78, 5) is 0.141. The van der Waals surface area contributed by atoms with Gasteiger partial charge in [-0.15, -0.1) is 0 Å². The molecule has 0 aliphatic rings. The molecule has 0 aromatic heterocycles. The van der Waals surface area contributed by atoms with Crippen LogP contribution in [0, 0.1) is 6.92 Å². The Kier molecular flexibility index (Phi) is 5.54. The maximum Gasteiger partial charge on any atom is 0.241 e. The van der Waals surface area contributed by atoms with E-state index in [9.17, 15) is 12.6 Å². The first kappa shape index (κ1) is 16.6. The number of benzene rings is 1. The van der Waals surface area contributed by atoms with Crippen molar-refractivity contribution in [1.82, 2.24) is 4.72 Å². The smallest absolute Gasteiger partial charge is 0.241 e. The van der Waals surface area contributed by atoms with Gasteiger partial charge in [-0.3, -0.25) is 4.21 Å². The maximum absolute atomic E-state index is 12.2. The number of hydrogen-bond acceptors (Lipinski definition) is 4. The Labute approximate surface area is 124 Å². The normalized spacial score (nSPS) is 15.2. The first-order valence-electron chi connectivity index (χ1n) is 5.51. The number of hydrogen-bond donors (Lipinski definition) is 2. The van der Waals surface area contributed by atoms with Crippen LogP contribution in [0.15, 0.2) is 21.5 Å². The second-order valence-corrected chi connectivity index (χ2v) is 8.42. The summed E-state index contributed by atoms with van der Waals surface area (Å²) in [5.74, 6) is 0.268. The van der Waals surface area contributed by atoms with Crippen LogP contribution >= 0.6 is 15.9 Å². The molecule has 1 rings (SSSR count). The zero-order chi connectivity index (χ0) is 14.8. The fourth-order valence-electron chi connectivity index (χ4n) is 1.67. The van der Waals surface area contributed by atoms with Gasteiger partial charge < -0.3 is 5.73 Å². The molecule has 1 aromatic carbocycles. The molecular weight excluding hydrogens is 352 g/mol. The van der Waals surface area contributed by atoms with E-state index in [2.05, 4.69) is 20.7 Å². The predicted octanol–water partition coefficient (Wildman–Crippen LogP) is 1.39. The zero-order valence-electron chi connectivity index (χ0n) is 10.9. The Morgan fingerprint density at radius 1 is 1.47 bits per heavy atom. The molecule has 2 unspecified atom stereocenters. The summed E-state index contributed by atoms with van der Waals surface area (Å²) in [6.45, 7) is 3.37. The molecule has 0 radical (unpaired) electrons. The van der Waals surface area contributed by atoms with Gasteiger partial charge >= 0.3 is 0 Å². The third-order valence-electron chi connectivity index (χ3n) is 2.42. The number of nitrogens with one attached hydrogen (secondary N) is 1. The first-order valence-corrected chi connectivity index (χ1v) is 9.52. The van der Waals surface area contributed by atoms with Crippen LogP contribution in [-0.4, -0.2) is 30.7 Å². The Morgan fingerprint density at radius 2 is 2.05 bits per heavy atom. The highest BCUT2D eigenvalue weighted by molar-refractivity contribution is 9.10. The van der Waals surface area contributed by atoms with Gasteiger partial charge in [0.1, 0.15) is 0 Å². The number of nitrogen functional groups attached to an aromatic ring is 1. The van der Waals surface area contributed by atoms with E-state index in [0.29, 0.717) is 15.7 Å². The van der Waals surface area contributed by atoms with Crippen molar-refractivity contribution in [2.45, 2.75) is 24.8 Å². The van der Waals surface area contributed by atoms with Crippen LogP contribution in [0.1, 0.15) is 12.5 Å². The monoisotopic (exact) mass is 368 g/mol. The van der Waals surface area contributed by atoms with Crippen LogP contribution in [0.2, 0.25) is 0 Å². The van der Waals surface area contributed by atoms with E-state index >= 15 is 0 Å². The molecule has 0 fully saturated rings. The van der Waals surface area contributed by atoms with Crippen molar-refractivity contribution in [3.8, 4) is 0 Å². The number of anilines is 1. The van der Waals surface area contributed by atoms with Gasteiger partial charge in [-0.2, -0.15) is 0 Å². The lowest BCUT2D eigenvalue weighted by Gasteiger charge is -2.15. The van der Waals surface area contributed by atoms with Gasteiger partial charge in [0.15, 0.2) is 0 Å². The third-order valence-corrected chi connectivity index (χ3v) is 5.81. The highest BCUT2D eigenvalue weighted by Crippen LogP contribution is 2.26. The Morgan fingerprint density at radius 3 is 2.58 bits per heavy atom. The zero-order valence-corrected chi connectivity index (χ0v) is 14.2. The van der Waals surface area contributed by atoms with E-state index in [0.717, 1.165) is 0 Å². The molecule has 0 amide bonds. The second kappa shape index (κ2) is 6.34. The van der Waals surface area contributed by atoms with Crippen LogP contribution in [0.3, 0.4) is 0 Å². The molecule has 19 heavy (non-hydrogen) atoms. The molecule has 0 bridgehead atoms. The number of halogens is 1. The number of rotatable bonds is 5. The molecule has 108 valence electrons. The van der Waals surface area contributed by atoms with E-state index in [4.69, 9.17) is 5.73 Å². The summed E-state index contributed by atoms with van der Waals surface area (Å²) < 4.78 is 38.7. The molecule has 0 heterocycles. The van der Waals surface area contributed by atoms with Gasteiger partial charge in [-0.25, -0.2) is 13.1 Å². The Bertz CT molecular complexity index is 602. The molecule has 1 aromatic rings. The third kappa shape index (κ3) is 4.55. The van der Waals surface area contributed by atoms with Gasteiger partial charge in [-0.1, -0.05) is 0 Å². The summed E-state index contributed by atoms with van der Waals surface area (Å²) in [5.41, 5.74) is 6.66. The highest BCUT2D eigenvalue weighted by atomic mass is 79.9. The van der Waals surface area contributed by atoms with Crippen LogP contribution in [0.5, 0.6) is 0 Å². The summed E-state index contributed by atoms with van der Waals surface area (Å²) in [6.07, 6.45) is 1.54. The molecular formula is C11H17BrN2O3S2. The summed E-state index contributed by atoms with van der Waals surface area (Å²) in [6, 6.07) is 2.67. The summed E-state index contributed by atoms with van der Waals surface area (Å²) in [5, 5.41) is 0. The number of sulfonamides is 1. The minimum atomic E-state index is -3.66. The van der Waals surface area contributed by atoms with E-state index in [1.807, 2.05) is 0 Å². The van der Waals surface area contributed by atoms with E-state index in [1.54, 1.807) is 19.9 Å². The lowest BCUT2D eigenvalue weighted by atomic mass is 10.2. The molecule has 8 heteroatoms. The highest BCUT2D eigenvalue weighted by Gasteiger charge is 2.21. The fraction of sp³-hybridized carbons (Fsp3) is 0.455. The van der Waals surface area contributed by atoms with Gasteiger partial charge in [0, 0.05) is 39.0 Å². The lowest BCUT2D eigenvalue weighted by molar-refractivity contribution is 0.569. The van der Waals surface area contributed by atoms with Crippen molar-refractivity contribution in [2.24, 2.45) is 0 Å². The van der Waals surface area contributed by atoms with Crippen LogP contribution < -0.4 is 10.5 Å². The van der Waals surface area contributed by atoms with Crippen molar-refractivity contribution >= 4 is 42.4 Å². The number of nitrogens with two attached hydrogens (primary N) is 1. The molecule has 5 nitrogen and oxygen atoms in total. The first-order chi connectivity index (χ1) is 8.63. The van der Waals surface area contributed by atoms with Crippen molar-refractivity contribution in [1.29, 1.82) is 0 Å². The summed E-state index contributed by atoms with van der Waals surface area (Å²) >= 11 is 3.25. The van der Waals surface area contributed by atoms with Crippen molar-refractivity contribution in [3.05, 3.63) is 22.2 Å². The molecule has 0 saturated carbocycles. The molecule has 0 saturated heterocycles. The average molecular weight is 369 g/mol. The molecule has 2 atom stereocenters. The molecule has 0 aliphatic carbocycles. The van der Waals surface area contributed by atoms with Crippen molar-refractivity contribution < 1.29 is 12.6 Å². The minimum Gasteiger partial charge on any atom is -0.398 e. The van der Waals surface area contributed by atoms with Crippen molar-refractivity contribution in [2.75, 3.05) is 17.7 Å². The summed E-state index contributed by atoms with van der Waals surface area (Å²) in [7, 11) is -4.72. The quantitative estimate of drug-likeness (QED) is 0.768. The van der Waals surface area contributed by atoms with E-state index < -0.39 is 26.9 Å². The molecule has 3 N–H and O–H groups in total. The standard InChI is InChI=1S/C11H17BrN2O3S2/c1-7-4-9(12)10(13)5-11(7)19(16,17)14-8(2)6-18(3)15/h4-5,8,14H,6,13H2,1-3H3. The molecule has 0 spiro atoms. The van der Waals surface area contributed by atoms with E-state index in [1.165, 1.54) is 12.3 Å². The SMILES string of the molecule is Cc1cc(Br)c(N)cc1S(=O)(=O)NC(C)CS(C)=O. The maximum atomic E-state index is 12.2. The number of aryl methyl sites for hydroxylation is 1. The van der Waals surface area contributed by atoms with Gasteiger partial charge in [0.25, 0.3) is 0 Å². The average Bonchev–Trinajstić information content (AvgIpc) is 2.20. The van der Waals surface area contributed by atoms with E-state index in [-0.39, 0.29) is 10.6 Å². The van der Waals surface area contributed by atoms with Gasteiger partial charge in [0.05, 0.1) is 4.90 Å². The van der Waals surface area contributed by atoms with Gasteiger partial charge in [-0.05, 0) is 47.5 Å². The Hall–Kier alpha value is -0.440. The molecule has 0 aliphatic heterocycles. The second-order valence-electron chi connectivity index (χ2n) is 4.40. The predicted molar refractivity (Wildman–Crippen MR) is 82.0 cm³/mol. The largest absolute Gasteiger partial charge is 0.398 e. The van der Waals surface area contributed by atoms with Crippen LogP contribution in [-0.2, 0) is 20.8 Å². The lowest BCUT2D eigenvalue weighted by Crippen LogP contribution is -2.36. The minimum absolute atomic E-state index is 0.141. The van der Waals surface area contributed by atoms with Crippen molar-refractivity contribution in [3.63, 3.8) is 0 Å². The Balaban J connectivity index is 3.07.